The van der Waals surface area contributed by atoms with Gasteiger partial charge in [0, 0.05) is 5.92 Å². The lowest BCUT2D eigenvalue weighted by Crippen LogP contribution is -2.25. The first-order valence-corrected chi connectivity index (χ1v) is 7.78. The van der Waals surface area contributed by atoms with Crippen LogP contribution in [0.15, 0.2) is 48.5 Å². The molecule has 0 saturated carbocycles. The highest BCUT2D eigenvalue weighted by Gasteiger charge is 2.40. The zero-order chi connectivity index (χ0) is 16.7. The van der Waals surface area contributed by atoms with Gasteiger partial charge in [-0.05, 0) is 22.3 Å². The molecule has 1 aliphatic heterocycles. The van der Waals surface area contributed by atoms with Crippen LogP contribution in [0.25, 0.3) is 11.1 Å². The number of carbonyl (C=O) groups excluding carboxylic acids is 3. The SMILES string of the molecule is O=C1CC(C(=O)OCC2c3ccccc3-c3ccccc32)C(=O)[N]1. The van der Waals surface area contributed by atoms with Gasteiger partial charge in [-0.25, -0.2) is 0 Å². The van der Waals surface area contributed by atoms with E-state index < -0.39 is 23.7 Å². The number of nitrogens with zero attached hydrogens (tertiary/aromatic N) is 1. The number of fused-ring (bicyclic) bond motifs is 3. The van der Waals surface area contributed by atoms with E-state index in [1.54, 1.807) is 0 Å². The number of esters is 1. The zero-order valence-corrected chi connectivity index (χ0v) is 12.8. The van der Waals surface area contributed by atoms with Crippen molar-refractivity contribution in [2.75, 3.05) is 6.61 Å². The molecule has 1 aliphatic carbocycles. The highest BCUT2D eigenvalue weighted by molar-refractivity contribution is 6.12. The molecular weight excluding hydrogens is 306 g/mol. The van der Waals surface area contributed by atoms with E-state index in [-0.39, 0.29) is 18.9 Å². The van der Waals surface area contributed by atoms with Crippen molar-refractivity contribution in [3.8, 4) is 11.1 Å². The maximum absolute atomic E-state index is 12.1. The molecule has 1 radical (unpaired) electrons. The van der Waals surface area contributed by atoms with Crippen LogP contribution in [-0.2, 0) is 19.1 Å². The third-order valence-electron chi connectivity index (χ3n) is 4.55. The lowest BCUT2D eigenvalue weighted by Gasteiger charge is -2.15. The quantitative estimate of drug-likeness (QED) is 0.492. The summed E-state index contributed by atoms with van der Waals surface area (Å²) in [4.78, 5) is 34.8. The van der Waals surface area contributed by atoms with E-state index in [1.165, 1.54) is 0 Å². The minimum atomic E-state index is -1.08. The molecule has 4 rings (SSSR count). The molecule has 0 bridgehead atoms. The van der Waals surface area contributed by atoms with E-state index in [0.717, 1.165) is 22.3 Å². The van der Waals surface area contributed by atoms with E-state index in [9.17, 15) is 14.4 Å². The van der Waals surface area contributed by atoms with Crippen LogP contribution in [0, 0.1) is 5.92 Å². The van der Waals surface area contributed by atoms with Crippen molar-refractivity contribution in [2.45, 2.75) is 12.3 Å². The van der Waals surface area contributed by atoms with Crippen molar-refractivity contribution in [3.05, 3.63) is 59.7 Å². The molecular formula is C19H14NO4. The summed E-state index contributed by atoms with van der Waals surface area (Å²) in [5.41, 5.74) is 4.47. The summed E-state index contributed by atoms with van der Waals surface area (Å²) in [6, 6.07) is 16.0. The van der Waals surface area contributed by atoms with Gasteiger partial charge in [0.1, 0.15) is 12.5 Å². The second-order valence-corrected chi connectivity index (χ2v) is 5.96. The maximum atomic E-state index is 12.1. The van der Waals surface area contributed by atoms with Gasteiger partial charge in [0.15, 0.2) is 0 Å². The molecule has 1 atom stereocenters. The van der Waals surface area contributed by atoms with Crippen LogP contribution >= 0.6 is 0 Å². The molecule has 5 nitrogen and oxygen atoms in total. The Bertz CT molecular complexity index is 812. The molecule has 1 heterocycles. The maximum Gasteiger partial charge on any atom is 0.319 e. The first kappa shape index (κ1) is 14.6. The normalized spacial score (nSPS) is 18.9. The van der Waals surface area contributed by atoms with Gasteiger partial charge in [0.05, 0.1) is 6.42 Å². The topological polar surface area (TPSA) is 74.5 Å². The first-order chi connectivity index (χ1) is 11.6. The second kappa shape index (κ2) is 5.60. The predicted molar refractivity (Wildman–Crippen MR) is 84.9 cm³/mol. The standard InChI is InChI=1S/C19H14NO4/c21-17-9-15(18(22)20-17)19(23)24-10-16-13-7-3-1-5-11(13)12-6-2-4-8-14(12)16/h1-8,15-16H,9-10H2. The van der Waals surface area contributed by atoms with Crippen LogP contribution < -0.4 is 5.32 Å². The Morgan fingerprint density at radius 3 is 2.12 bits per heavy atom. The fourth-order valence-corrected chi connectivity index (χ4v) is 3.40. The highest BCUT2D eigenvalue weighted by atomic mass is 16.5. The summed E-state index contributed by atoms with van der Waals surface area (Å²) in [7, 11) is 0. The van der Waals surface area contributed by atoms with Crippen molar-refractivity contribution in [1.29, 1.82) is 0 Å². The van der Waals surface area contributed by atoms with Crippen LogP contribution in [0.2, 0.25) is 0 Å². The molecule has 2 amide bonds. The van der Waals surface area contributed by atoms with Gasteiger partial charge in [-0.15, -0.1) is 0 Å². The van der Waals surface area contributed by atoms with E-state index in [2.05, 4.69) is 5.32 Å². The van der Waals surface area contributed by atoms with Gasteiger partial charge in [-0.3, -0.25) is 14.4 Å². The number of imide groups is 1. The van der Waals surface area contributed by atoms with Gasteiger partial charge in [0.2, 0.25) is 5.91 Å². The van der Waals surface area contributed by atoms with Crippen LogP contribution in [0.1, 0.15) is 23.5 Å². The molecule has 1 fully saturated rings. The molecule has 5 heteroatoms. The third kappa shape index (κ3) is 2.29. The largest absolute Gasteiger partial charge is 0.464 e. The van der Waals surface area contributed by atoms with Gasteiger partial charge in [-0.2, -0.15) is 5.32 Å². The number of amides is 2. The minimum absolute atomic E-state index is 0.0644. The molecule has 2 aliphatic rings. The van der Waals surface area contributed by atoms with Crippen molar-refractivity contribution < 1.29 is 19.1 Å². The summed E-state index contributed by atoms with van der Waals surface area (Å²) in [5.74, 6) is -3.07. The summed E-state index contributed by atoms with van der Waals surface area (Å²) in [6.07, 6.45) is -0.185. The number of carbonyl (C=O) groups is 3. The van der Waals surface area contributed by atoms with Gasteiger partial charge < -0.3 is 4.74 Å². The number of rotatable bonds is 3. The Morgan fingerprint density at radius 2 is 1.58 bits per heavy atom. The molecule has 2 aromatic carbocycles. The molecule has 24 heavy (non-hydrogen) atoms. The number of hydrogen-bond acceptors (Lipinski definition) is 4. The third-order valence-corrected chi connectivity index (χ3v) is 4.55. The number of hydrogen-bond donors (Lipinski definition) is 0. The molecule has 0 N–H and O–H groups in total. The Kier molecular flexibility index (Phi) is 3.41. The van der Waals surface area contributed by atoms with Crippen LogP contribution in [0.5, 0.6) is 0 Å². The molecule has 2 aromatic rings. The lowest BCUT2D eigenvalue weighted by atomic mass is 9.98. The van der Waals surface area contributed by atoms with Crippen LogP contribution in [0.4, 0.5) is 0 Å². The van der Waals surface area contributed by atoms with Crippen molar-refractivity contribution in [3.63, 3.8) is 0 Å². The Hall–Kier alpha value is -2.95. The Morgan fingerprint density at radius 1 is 1.00 bits per heavy atom. The summed E-state index contributed by atoms with van der Waals surface area (Å²) in [6.45, 7) is 0.144. The van der Waals surface area contributed by atoms with Crippen LogP contribution in [0.3, 0.4) is 0 Å². The minimum Gasteiger partial charge on any atom is -0.464 e. The zero-order valence-electron chi connectivity index (χ0n) is 12.8. The van der Waals surface area contributed by atoms with Gasteiger partial charge >= 0.3 is 5.97 Å². The second-order valence-electron chi connectivity index (χ2n) is 5.96. The Labute approximate surface area is 138 Å². The monoisotopic (exact) mass is 320 g/mol. The summed E-state index contributed by atoms with van der Waals surface area (Å²) in [5, 5.41) is 3.26. The molecule has 0 spiro atoms. The predicted octanol–water partition coefficient (Wildman–Crippen LogP) is 2.02. The number of benzene rings is 2. The van der Waals surface area contributed by atoms with Gasteiger partial charge in [-0.1, -0.05) is 48.5 Å². The molecule has 1 saturated heterocycles. The fraction of sp³-hybridized carbons (Fsp3) is 0.211. The summed E-state index contributed by atoms with van der Waals surface area (Å²) < 4.78 is 5.37. The average molecular weight is 320 g/mol. The van der Waals surface area contributed by atoms with Crippen LogP contribution in [-0.4, -0.2) is 24.4 Å². The van der Waals surface area contributed by atoms with E-state index in [1.807, 2.05) is 48.5 Å². The van der Waals surface area contributed by atoms with E-state index in [4.69, 9.17) is 4.74 Å². The fourth-order valence-electron chi connectivity index (χ4n) is 3.40. The lowest BCUT2D eigenvalue weighted by molar-refractivity contribution is -0.151. The first-order valence-electron chi connectivity index (χ1n) is 7.78. The Balaban J connectivity index is 1.56. The molecule has 1 unspecified atom stereocenters. The highest BCUT2D eigenvalue weighted by Crippen LogP contribution is 2.44. The molecule has 0 aromatic heterocycles. The smallest absolute Gasteiger partial charge is 0.319 e. The van der Waals surface area contributed by atoms with E-state index in [0.29, 0.717) is 0 Å². The van der Waals surface area contributed by atoms with Crippen molar-refractivity contribution >= 4 is 17.8 Å². The summed E-state index contributed by atoms with van der Waals surface area (Å²) >= 11 is 0. The van der Waals surface area contributed by atoms with Gasteiger partial charge in [0.25, 0.3) is 5.91 Å². The van der Waals surface area contributed by atoms with Crippen molar-refractivity contribution in [1.82, 2.24) is 5.32 Å². The average Bonchev–Trinajstić information content (AvgIpc) is 3.10. The number of ether oxygens (including phenoxy) is 1. The van der Waals surface area contributed by atoms with E-state index >= 15 is 0 Å². The molecule has 119 valence electrons. The van der Waals surface area contributed by atoms with Crippen molar-refractivity contribution in [2.24, 2.45) is 5.92 Å².